The second kappa shape index (κ2) is 7.12. The Balaban J connectivity index is 1.59. The fourth-order valence-corrected chi connectivity index (χ4v) is 2.16. The second-order valence-electron chi connectivity index (χ2n) is 5.47. The van der Waals surface area contributed by atoms with Crippen LogP contribution in [0.15, 0.2) is 30.3 Å². The molecule has 1 aromatic carbocycles. The van der Waals surface area contributed by atoms with Crippen molar-refractivity contribution in [3.05, 3.63) is 59.2 Å². The highest BCUT2D eigenvalue weighted by Crippen LogP contribution is 2.17. The molecule has 3 N–H and O–H groups in total. The Morgan fingerprint density at radius 1 is 1.32 bits per heavy atom. The Morgan fingerprint density at radius 3 is 2.84 bits per heavy atom. The predicted octanol–water partition coefficient (Wildman–Crippen LogP) is 2.05. The van der Waals surface area contributed by atoms with Crippen molar-refractivity contribution >= 4 is 5.91 Å². The molecule has 9 heteroatoms. The van der Waals surface area contributed by atoms with Gasteiger partial charge in [-0.1, -0.05) is 12.1 Å². The van der Waals surface area contributed by atoms with E-state index in [1.165, 1.54) is 12.1 Å². The molecule has 0 unspecified atom stereocenters. The lowest BCUT2D eigenvalue weighted by atomic mass is 10.3. The minimum atomic E-state index is -0.449. The number of H-pyrrole nitrogens is 2. The Labute approximate surface area is 142 Å². The number of aryl methyl sites for hydroxylation is 1. The first kappa shape index (κ1) is 16.6. The largest absolute Gasteiger partial charge is 0.484 e. The molecule has 130 valence electrons. The SMILES string of the molecule is Cc1nc([C@H](C)NC(=O)c2cc(COc3ccccc3F)[nH]n2)n[nH]1. The average Bonchev–Trinajstić information content (AvgIpc) is 3.23. The van der Waals surface area contributed by atoms with Gasteiger partial charge in [0.2, 0.25) is 0 Å². The molecule has 0 spiro atoms. The van der Waals surface area contributed by atoms with Crippen LogP contribution in [0.4, 0.5) is 4.39 Å². The standard InChI is InChI=1S/C16H17FN6O2/c1-9(15-19-10(2)20-23-15)18-16(24)13-7-11(21-22-13)8-25-14-6-4-3-5-12(14)17/h3-7,9H,8H2,1-2H3,(H,18,24)(H,21,22)(H,19,20,23)/t9-/m0/s1. The number of hydrogen-bond donors (Lipinski definition) is 3. The summed E-state index contributed by atoms with van der Waals surface area (Å²) < 4.78 is 18.9. The number of benzene rings is 1. The summed E-state index contributed by atoms with van der Waals surface area (Å²) in [5.41, 5.74) is 0.751. The molecule has 2 heterocycles. The molecule has 0 saturated heterocycles. The topological polar surface area (TPSA) is 109 Å². The van der Waals surface area contributed by atoms with E-state index < -0.39 is 5.82 Å². The van der Waals surface area contributed by atoms with Gasteiger partial charge in [0.15, 0.2) is 17.4 Å². The van der Waals surface area contributed by atoms with Crippen molar-refractivity contribution in [2.75, 3.05) is 0 Å². The maximum atomic E-state index is 13.5. The zero-order chi connectivity index (χ0) is 17.8. The fourth-order valence-electron chi connectivity index (χ4n) is 2.16. The Hall–Kier alpha value is -3.23. The Kier molecular flexibility index (Phi) is 4.73. The van der Waals surface area contributed by atoms with Crippen molar-refractivity contribution in [2.45, 2.75) is 26.5 Å². The molecule has 2 aromatic heterocycles. The third-order valence-electron chi connectivity index (χ3n) is 3.43. The molecular weight excluding hydrogens is 327 g/mol. The summed E-state index contributed by atoms with van der Waals surface area (Å²) in [5, 5.41) is 16.1. The van der Waals surface area contributed by atoms with Crippen LogP contribution < -0.4 is 10.1 Å². The number of carbonyl (C=O) groups is 1. The lowest BCUT2D eigenvalue weighted by molar-refractivity contribution is 0.0933. The van der Waals surface area contributed by atoms with E-state index in [1.54, 1.807) is 32.0 Å². The van der Waals surface area contributed by atoms with Crippen LogP contribution in [0.3, 0.4) is 0 Å². The number of carbonyl (C=O) groups excluding carboxylic acids is 1. The van der Waals surface area contributed by atoms with Crippen LogP contribution in [0.5, 0.6) is 5.75 Å². The van der Waals surface area contributed by atoms with Crippen molar-refractivity contribution in [3.63, 3.8) is 0 Å². The molecule has 3 rings (SSSR count). The van der Waals surface area contributed by atoms with Gasteiger partial charge in [-0.2, -0.15) is 10.2 Å². The molecule has 1 amide bonds. The predicted molar refractivity (Wildman–Crippen MR) is 86.3 cm³/mol. The lowest BCUT2D eigenvalue weighted by Crippen LogP contribution is -2.27. The number of amides is 1. The van der Waals surface area contributed by atoms with Crippen LogP contribution in [0.25, 0.3) is 0 Å². The number of nitrogens with zero attached hydrogens (tertiary/aromatic N) is 3. The van der Waals surface area contributed by atoms with Gasteiger partial charge in [-0.15, -0.1) is 0 Å². The summed E-state index contributed by atoms with van der Waals surface area (Å²) in [6.07, 6.45) is 0. The van der Waals surface area contributed by atoms with Gasteiger partial charge in [-0.05, 0) is 32.0 Å². The molecule has 25 heavy (non-hydrogen) atoms. The molecule has 0 aliphatic heterocycles. The van der Waals surface area contributed by atoms with Crippen LogP contribution in [-0.4, -0.2) is 31.3 Å². The van der Waals surface area contributed by atoms with E-state index in [-0.39, 0.29) is 30.0 Å². The molecule has 1 atom stereocenters. The number of nitrogens with one attached hydrogen (secondary N) is 3. The molecule has 0 radical (unpaired) electrons. The minimum absolute atomic E-state index is 0.0664. The maximum absolute atomic E-state index is 13.5. The molecular formula is C16H17FN6O2. The van der Waals surface area contributed by atoms with Crippen LogP contribution >= 0.6 is 0 Å². The van der Waals surface area contributed by atoms with E-state index in [1.807, 2.05) is 0 Å². The van der Waals surface area contributed by atoms with Gasteiger partial charge < -0.3 is 10.1 Å². The van der Waals surface area contributed by atoms with Gasteiger partial charge in [0, 0.05) is 0 Å². The van der Waals surface area contributed by atoms with Crippen LogP contribution in [0.2, 0.25) is 0 Å². The smallest absolute Gasteiger partial charge is 0.272 e. The highest BCUT2D eigenvalue weighted by Gasteiger charge is 2.17. The first-order valence-electron chi connectivity index (χ1n) is 7.64. The molecule has 0 saturated carbocycles. The number of aromatic amines is 2. The third-order valence-corrected chi connectivity index (χ3v) is 3.43. The summed E-state index contributed by atoms with van der Waals surface area (Å²) in [7, 11) is 0. The van der Waals surface area contributed by atoms with Gasteiger partial charge in [-0.3, -0.25) is 15.0 Å². The Bertz CT molecular complexity index is 875. The summed E-state index contributed by atoms with van der Waals surface area (Å²) >= 11 is 0. The van der Waals surface area contributed by atoms with Crippen molar-refractivity contribution < 1.29 is 13.9 Å². The van der Waals surface area contributed by atoms with Gasteiger partial charge >= 0.3 is 0 Å². The van der Waals surface area contributed by atoms with Crippen LogP contribution in [0, 0.1) is 12.7 Å². The molecule has 0 aliphatic rings. The number of para-hydroxylation sites is 1. The zero-order valence-electron chi connectivity index (χ0n) is 13.7. The first-order valence-corrected chi connectivity index (χ1v) is 7.64. The molecule has 0 fully saturated rings. The summed E-state index contributed by atoms with van der Waals surface area (Å²) in [6.45, 7) is 3.62. The molecule has 0 bridgehead atoms. The van der Waals surface area contributed by atoms with Crippen molar-refractivity contribution in [2.24, 2.45) is 0 Å². The zero-order valence-corrected chi connectivity index (χ0v) is 13.7. The number of hydrogen-bond acceptors (Lipinski definition) is 5. The highest BCUT2D eigenvalue weighted by atomic mass is 19.1. The van der Waals surface area contributed by atoms with E-state index in [9.17, 15) is 9.18 Å². The number of aromatic nitrogens is 5. The first-order chi connectivity index (χ1) is 12.0. The van der Waals surface area contributed by atoms with Crippen molar-refractivity contribution in [3.8, 4) is 5.75 Å². The van der Waals surface area contributed by atoms with Crippen molar-refractivity contribution in [1.29, 1.82) is 0 Å². The fraction of sp³-hybridized carbons (Fsp3) is 0.250. The van der Waals surface area contributed by atoms with Gasteiger partial charge in [0.05, 0.1) is 11.7 Å². The molecule has 0 aliphatic carbocycles. The van der Waals surface area contributed by atoms with E-state index >= 15 is 0 Å². The second-order valence-corrected chi connectivity index (χ2v) is 5.47. The number of rotatable bonds is 6. The lowest BCUT2D eigenvalue weighted by Gasteiger charge is -2.08. The summed E-state index contributed by atoms with van der Waals surface area (Å²) in [5.74, 6) is 0.476. The maximum Gasteiger partial charge on any atom is 0.272 e. The summed E-state index contributed by atoms with van der Waals surface area (Å²) in [4.78, 5) is 16.4. The van der Waals surface area contributed by atoms with E-state index in [2.05, 4.69) is 30.7 Å². The van der Waals surface area contributed by atoms with Gasteiger partial charge in [-0.25, -0.2) is 9.37 Å². The molecule has 8 nitrogen and oxygen atoms in total. The third kappa shape index (κ3) is 4.00. The number of halogens is 1. The average molecular weight is 344 g/mol. The molecule has 3 aromatic rings. The number of ether oxygens (including phenoxy) is 1. The monoisotopic (exact) mass is 344 g/mol. The van der Waals surface area contributed by atoms with Crippen molar-refractivity contribution in [1.82, 2.24) is 30.7 Å². The van der Waals surface area contributed by atoms with E-state index in [0.29, 0.717) is 17.3 Å². The van der Waals surface area contributed by atoms with Gasteiger partial charge in [0.1, 0.15) is 18.1 Å². The minimum Gasteiger partial charge on any atom is -0.484 e. The quantitative estimate of drug-likeness (QED) is 0.634. The Morgan fingerprint density at radius 2 is 2.12 bits per heavy atom. The normalized spacial score (nSPS) is 12.0. The van der Waals surface area contributed by atoms with Gasteiger partial charge in [0.25, 0.3) is 5.91 Å². The van der Waals surface area contributed by atoms with Crippen LogP contribution in [-0.2, 0) is 6.61 Å². The highest BCUT2D eigenvalue weighted by molar-refractivity contribution is 5.92. The van der Waals surface area contributed by atoms with E-state index in [4.69, 9.17) is 4.74 Å². The van der Waals surface area contributed by atoms with E-state index in [0.717, 1.165) is 0 Å². The summed E-state index contributed by atoms with van der Waals surface area (Å²) in [6, 6.07) is 7.28. The van der Waals surface area contributed by atoms with Crippen LogP contribution in [0.1, 0.15) is 40.8 Å².